The molecular weight excluding hydrogens is 402 g/mol. The maximum Gasteiger partial charge on any atom is 0.277 e. The van der Waals surface area contributed by atoms with Gasteiger partial charge in [-0.25, -0.2) is 0 Å². The number of ketones is 1. The van der Waals surface area contributed by atoms with E-state index in [0.717, 1.165) is 21.3 Å². The fraction of sp³-hybridized carbons (Fsp3) is 0.0455. The molecule has 5 nitrogen and oxygen atoms in total. The Morgan fingerprint density at radius 2 is 1.83 bits per heavy atom. The minimum absolute atomic E-state index is 0.00507. The van der Waals surface area contributed by atoms with Crippen LogP contribution in [0.1, 0.15) is 21.2 Å². The average molecular weight is 418 g/mol. The predicted molar refractivity (Wildman–Crippen MR) is 115 cm³/mol. The molecule has 0 bridgehead atoms. The lowest BCUT2D eigenvalue weighted by Crippen LogP contribution is -2.09. The summed E-state index contributed by atoms with van der Waals surface area (Å²) >= 11 is 2.81. The van der Waals surface area contributed by atoms with Crippen LogP contribution >= 0.6 is 23.1 Å². The maximum absolute atomic E-state index is 13.5. The van der Waals surface area contributed by atoms with Gasteiger partial charge in [0.05, 0.1) is 4.88 Å². The number of hydrogen-bond donors (Lipinski definition) is 1. The summed E-state index contributed by atoms with van der Waals surface area (Å²) in [5.41, 5.74) is 2.48. The molecule has 0 radical (unpaired) electrons. The molecular formula is C22H15N3O2S2. The van der Waals surface area contributed by atoms with Crippen LogP contribution in [-0.4, -0.2) is 21.0 Å². The lowest BCUT2D eigenvalue weighted by molar-refractivity contribution is 0.0990. The van der Waals surface area contributed by atoms with Crippen molar-refractivity contribution in [2.45, 2.75) is 10.5 Å². The summed E-state index contributed by atoms with van der Waals surface area (Å²) < 4.78 is 5.83. The van der Waals surface area contributed by atoms with Crippen LogP contribution < -0.4 is 0 Å². The Hall–Kier alpha value is -3.16. The van der Waals surface area contributed by atoms with E-state index in [1.807, 2.05) is 72.1 Å². The highest BCUT2D eigenvalue weighted by Gasteiger charge is 2.28. The number of Topliss-reactive ketones (excluding diaryl/α,β-unsaturated/α-hetero) is 1. The second kappa shape index (κ2) is 7.69. The zero-order valence-electron chi connectivity index (χ0n) is 15.1. The maximum atomic E-state index is 13.5. The van der Waals surface area contributed by atoms with Crippen molar-refractivity contribution in [2.75, 3.05) is 0 Å². The number of nitrogens with zero attached hydrogens (tertiary/aromatic N) is 2. The average Bonchev–Trinajstić information content (AvgIpc) is 3.52. The van der Waals surface area contributed by atoms with Gasteiger partial charge in [-0.3, -0.25) is 4.79 Å². The van der Waals surface area contributed by atoms with Gasteiger partial charge in [-0.05, 0) is 34.8 Å². The summed E-state index contributed by atoms with van der Waals surface area (Å²) in [4.78, 5) is 17.6. The number of benzene rings is 2. The zero-order valence-corrected chi connectivity index (χ0v) is 16.7. The molecule has 5 rings (SSSR count). The van der Waals surface area contributed by atoms with Crippen molar-refractivity contribution in [3.05, 3.63) is 89.4 Å². The number of aromatic amines is 1. The minimum atomic E-state index is -0.493. The van der Waals surface area contributed by atoms with Gasteiger partial charge in [0.25, 0.3) is 11.1 Å². The summed E-state index contributed by atoms with van der Waals surface area (Å²) in [5.74, 6) is 0.461. The standard InChI is InChI=1S/C22H15N3O2S2/c26-19(16-13-23-17-10-5-4-9-15(16)17)20(14-7-2-1-3-8-14)29-22-25-24-21(27-22)18-11-6-12-28-18/h1-13,20,23H. The molecule has 0 amide bonds. The van der Waals surface area contributed by atoms with E-state index >= 15 is 0 Å². The number of carbonyl (C=O) groups excluding carboxylic acids is 1. The van der Waals surface area contributed by atoms with E-state index in [1.165, 1.54) is 23.1 Å². The Balaban J connectivity index is 1.51. The molecule has 0 aliphatic carbocycles. The van der Waals surface area contributed by atoms with Crippen LogP contribution in [-0.2, 0) is 0 Å². The molecule has 0 aliphatic rings. The SMILES string of the molecule is O=C(c1c[nH]c2ccccc12)C(Sc1nnc(-c2cccs2)o1)c1ccccc1. The molecule has 0 aliphatic heterocycles. The van der Waals surface area contributed by atoms with Gasteiger partial charge < -0.3 is 9.40 Å². The number of thiophene rings is 1. The minimum Gasteiger partial charge on any atom is -0.410 e. The molecule has 1 N–H and O–H groups in total. The Labute approximate surface area is 174 Å². The first-order chi connectivity index (χ1) is 14.3. The van der Waals surface area contributed by atoms with Gasteiger partial charge in [0, 0.05) is 22.7 Å². The van der Waals surface area contributed by atoms with Crippen LogP contribution in [0.2, 0.25) is 0 Å². The molecule has 2 aromatic carbocycles. The van der Waals surface area contributed by atoms with Crippen LogP contribution in [0.3, 0.4) is 0 Å². The van der Waals surface area contributed by atoms with Crippen molar-refractivity contribution in [3.8, 4) is 10.8 Å². The number of rotatable bonds is 6. The first-order valence-corrected chi connectivity index (χ1v) is 10.7. The van der Waals surface area contributed by atoms with E-state index in [1.54, 1.807) is 6.20 Å². The summed E-state index contributed by atoms with van der Waals surface area (Å²) in [7, 11) is 0. The Kier molecular flexibility index (Phi) is 4.75. The molecule has 1 atom stereocenters. The van der Waals surface area contributed by atoms with E-state index < -0.39 is 5.25 Å². The van der Waals surface area contributed by atoms with Gasteiger partial charge in [-0.1, -0.05) is 54.6 Å². The lowest BCUT2D eigenvalue weighted by atomic mass is 10.0. The molecule has 3 aromatic heterocycles. The lowest BCUT2D eigenvalue weighted by Gasteiger charge is -2.13. The van der Waals surface area contributed by atoms with Gasteiger partial charge in [-0.2, -0.15) is 0 Å². The Bertz CT molecular complexity index is 1260. The third-order valence-electron chi connectivity index (χ3n) is 4.55. The molecule has 0 spiro atoms. The van der Waals surface area contributed by atoms with Gasteiger partial charge in [-0.15, -0.1) is 21.5 Å². The fourth-order valence-corrected chi connectivity index (χ4v) is 4.76. The van der Waals surface area contributed by atoms with Crippen LogP contribution in [0.25, 0.3) is 21.7 Å². The van der Waals surface area contributed by atoms with Gasteiger partial charge >= 0.3 is 0 Å². The Morgan fingerprint density at radius 1 is 1.00 bits per heavy atom. The Morgan fingerprint density at radius 3 is 2.66 bits per heavy atom. The number of para-hydroxylation sites is 1. The third-order valence-corrected chi connectivity index (χ3v) is 6.50. The summed E-state index contributed by atoms with van der Waals surface area (Å²) in [6, 6.07) is 21.3. The van der Waals surface area contributed by atoms with Crippen LogP contribution in [0, 0.1) is 0 Å². The van der Waals surface area contributed by atoms with Crippen LogP contribution in [0.15, 0.2) is 87.9 Å². The molecule has 7 heteroatoms. The fourth-order valence-electron chi connectivity index (χ4n) is 3.18. The smallest absolute Gasteiger partial charge is 0.277 e. The number of nitrogens with one attached hydrogen (secondary N) is 1. The topological polar surface area (TPSA) is 71.8 Å². The quantitative estimate of drug-likeness (QED) is 0.271. The summed E-state index contributed by atoms with van der Waals surface area (Å²) in [6.45, 7) is 0. The molecule has 1 unspecified atom stereocenters. The van der Waals surface area contributed by atoms with Gasteiger partial charge in [0.2, 0.25) is 0 Å². The zero-order chi connectivity index (χ0) is 19.6. The summed E-state index contributed by atoms with van der Waals surface area (Å²) in [6.07, 6.45) is 1.77. The molecule has 0 fully saturated rings. The highest BCUT2D eigenvalue weighted by atomic mass is 32.2. The first kappa shape index (κ1) is 17.9. The highest BCUT2D eigenvalue weighted by Crippen LogP contribution is 2.39. The second-order valence-corrected chi connectivity index (χ2v) is 8.38. The van der Waals surface area contributed by atoms with E-state index in [9.17, 15) is 4.79 Å². The van der Waals surface area contributed by atoms with Gasteiger partial charge in [0.15, 0.2) is 5.78 Å². The molecule has 0 saturated carbocycles. The molecule has 5 aromatic rings. The van der Waals surface area contributed by atoms with Crippen molar-refractivity contribution < 1.29 is 9.21 Å². The van der Waals surface area contributed by atoms with E-state index in [2.05, 4.69) is 15.2 Å². The normalized spacial score (nSPS) is 12.3. The number of aromatic nitrogens is 3. The number of fused-ring (bicyclic) bond motifs is 1. The largest absolute Gasteiger partial charge is 0.410 e. The van der Waals surface area contributed by atoms with E-state index in [4.69, 9.17) is 4.42 Å². The highest BCUT2D eigenvalue weighted by molar-refractivity contribution is 8.00. The van der Waals surface area contributed by atoms with Crippen molar-refractivity contribution in [1.29, 1.82) is 0 Å². The van der Waals surface area contributed by atoms with Crippen molar-refractivity contribution in [2.24, 2.45) is 0 Å². The summed E-state index contributed by atoms with van der Waals surface area (Å²) in [5, 5.41) is 11.0. The molecule has 3 heterocycles. The number of H-pyrrole nitrogens is 1. The number of hydrogen-bond acceptors (Lipinski definition) is 6. The van der Waals surface area contributed by atoms with Crippen LogP contribution in [0.4, 0.5) is 0 Å². The number of thioether (sulfide) groups is 1. The monoisotopic (exact) mass is 417 g/mol. The third kappa shape index (κ3) is 3.50. The molecule has 29 heavy (non-hydrogen) atoms. The van der Waals surface area contributed by atoms with E-state index in [0.29, 0.717) is 16.7 Å². The predicted octanol–water partition coefficient (Wildman–Crippen LogP) is 6.00. The van der Waals surface area contributed by atoms with Crippen molar-refractivity contribution in [1.82, 2.24) is 15.2 Å². The van der Waals surface area contributed by atoms with Gasteiger partial charge in [0.1, 0.15) is 5.25 Å². The molecule has 0 saturated heterocycles. The first-order valence-electron chi connectivity index (χ1n) is 8.99. The van der Waals surface area contributed by atoms with E-state index in [-0.39, 0.29) is 5.78 Å². The molecule has 142 valence electrons. The van der Waals surface area contributed by atoms with Crippen molar-refractivity contribution in [3.63, 3.8) is 0 Å². The van der Waals surface area contributed by atoms with Crippen LogP contribution in [0.5, 0.6) is 0 Å². The number of carbonyl (C=O) groups is 1. The van der Waals surface area contributed by atoms with Crippen molar-refractivity contribution >= 4 is 39.8 Å². The second-order valence-electron chi connectivity index (χ2n) is 6.37.